The first kappa shape index (κ1) is 15.8. The quantitative estimate of drug-likeness (QED) is 0.762. The van der Waals surface area contributed by atoms with Gasteiger partial charge in [-0.25, -0.2) is 4.79 Å². The van der Waals surface area contributed by atoms with Gasteiger partial charge in [-0.3, -0.25) is 4.79 Å². The van der Waals surface area contributed by atoms with Gasteiger partial charge in [-0.1, -0.05) is 0 Å². The summed E-state index contributed by atoms with van der Waals surface area (Å²) in [6, 6.07) is -0.177. The third-order valence-electron chi connectivity index (χ3n) is 2.65. The van der Waals surface area contributed by atoms with Crippen LogP contribution in [0.5, 0.6) is 0 Å². The van der Waals surface area contributed by atoms with Crippen LogP contribution in [0, 0.1) is 0 Å². The van der Waals surface area contributed by atoms with Crippen LogP contribution in [-0.2, 0) is 14.3 Å². The van der Waals surface area contributed by atoms with Crippen molar-refractivity contribution in [2.75, 3.05) is 26.3 Å². The van der Waals surface area contributed by atoms with Gasteiger partial charge in [0.2, 0.25) is 5.91 Å². The van der Waals surface area contributed by atoms with E-state index >= 15 is 0 Å². The molecule has 1 atom stereocenters. The van der Waals surface area contributed by atoms with Crippen LogP contribution in [0.4, 0.5) is 4.79 Å². The number of rotatable bonds is 5. The molecule has 0 aromatic heterocycles. The highest BCUT2D eigenvalue weighted by Gasteiger charge is 2.31. The second-order valence-electron chi connectivity index (χ2n) is 5.58. The van der Waals surface area contributed by atoms with E-state index in [1.54, 1.807) is 25.7 Å². The summed E-state index contributed by atoms with van der Waals surface area (Å²) in [5.74, 6) is 0.0424. The second-order valence-corrected chi connectivity index (χ2v) is 5.58. The van der Waals surface area contributed by atoms with Gasteiger partial charge in [-0.05, 0) is 27.7 Å². The number of ether oxygens (including phenoxy) is 2. The molecule has 110 valence electrons. The van der Waals surface area contributed by atoms with E-state index in [1.165, 1.54) is 0 Å². The Morgan fingerprint density at radius 3 is 2.74 bits per heavy atom. The van der Waals surface area contributed by atoms with Gasteiger partial charge in [0.05, 0.1) is 12.6 Å². The van der Waals surface area contributed by atoms with E-state index in [9.17, 15) is 9.59 Å². The Morgan fingerprint density at radius 2 is 2.16 bits per heavy atom. The summed E-state index contributed by atoms with van der Waals surface area (Å²) in [6.45, 7) is 9.59. The highest BCUT2D eigenvalue weighted by Crippen LogP contribution is 2.12. The molecule has 0 bridgehead atoms. The number of hydrogen-bond donors (Lipinski definition) is 1. The van der Waals surface area contributed by atoms with E-state index in [0.29, 0.717) is 32.7 Å². The Bertz CT molecular complexity index is 325. The van der Waals surface area contributed by atoms with Gasteiger partial charge in [-0.15, -0.1) is 0 Å². The van der Waals surface area contributed by atoms with E-state index in [2.05, 4.69) is 5.32 Å². The van der Waals surface area contributed by atoms with Gasteiger partial charge in [0, 0.05) is 26.1 Å². The fourth-order valence-corrected chi connectivity index (χ4v) is 1.88. The van der Waals surface area contributed by atoms with Crippen LogP contribution >= 0.6 is 0 Å². The fourth-order valence-electron chi connectivity index (χ4n) is 1.88. The zero-order valence-corrected chi connectivity index (χ0v) is 12.2. The average molecular weight is 272 g/mol. The van der Waals surface area contributed by atoms with Gasteiger partial charge in [0.15, 0.2) is 0 Å². The van der Waals surface area contributed by atoms with Crippen molar-refractivity contribution >= 4 is 12.0 Å². The van der Waals surface area contributed by atoms with Crippen molar-refractivity contribution in [3.8, 4) is 0 Å². The summed E-state index contributed by atoms with van der Waals surface area (Å²) >= 11 is 0. The van der Waals surface area contributed by atoms with Crippen LogP contribution in [-0.4, -0.2) is 54.8 Å². The molecule has 1 N–H and O–H groups in total. The monoisotopic (exact) mass is 272 g/mol. The van der Waals surface area contributed by atoms with E-state index in [1.807, 2.05) is 6.92 Å². The summed E-state index contributed by atoms with van der Waals surface area (Å²) < 4.78 is 10.4. The lowest BCUT2D eigenvalue weighted by Gasteiger charge is -2.21. The molecular weight excluding hydrogens is 248 g/mol. The standard InChI is InChI=1S/C13H24N2O4/c1-5-18-7-6-15-9-10(8-11(15)16)14-12(17)19-13(2,3)4/h10H,5-9H2,1-4H3,(H,14,17). The van der Waals surface area contributed by atoms with Crippen LogP contribution in [0.2, 0.25) is 0 Å². The first-order chi connectivity index (χ1) is 8.81. The lowest BCUT2D eigenvalue weighted by atomic mass is 10.2. The Hall–Kier alpha value is -1.30. The topological polar surface area (TPSA) is 67.9 Å². The molecule has 0 aromatic rings. The minimum absolute atomic E-state index is 0.0424. The Labute approximate surface area is 114 Å². The molecule has 1 rings (SSSR count). The number of carbonyl (C=O) groups excluding carboxylic acids is 2. The molecule has 6 heteroatoms. The molecular formula is C13H24N2O4. The van der Waals surface area contributed by atoms with Crippen molar-refractivity contribution in [1.82, 2.24) is 10.2 Å². The zero-order valence-electron chi connectivity index (χ0n) is 12.2. The second kappa shape index (κ2) is 6.75. The maximum absolute atomic E-state index is 11.7. The number of nitrogens with zero attached hydrogens (tertiary/aromatic N) is 1. The summed E-state index contributed by atoms with van der Waals surface area (Å²) in [6.07, 6.45) is -0.150. The predicted molar refractivity (Wildman–Crippen MR) is 70.8 cm³/mol. The molecule has 0 saturated carbocycles. The summed E-state index contributed by atoms with van der Waals surface area (Å²) in [5.41, 5.74) is -0.526. The smallest absolute Gasteiger partial charge is 0.407 e. The fraction of sp³-hybridized carbons (Fsp3) is 0.846. The number of carbonyl (C=O) groups is 2. The first-order valence-electron chi connectivity index (χ1n) is 6.67. The molecule has 0 radical (unpaired) electrons. The largest absolute Gasteiger partial charge is 0.444 e. The van der Waals surface area contributed by atoms with Crippen LogP contribution in [0.1, 0.15) is 34.1 Å². The predicted octanol–water partition coefficient (Wildman–Crippen LogP) is 1.15. The molecule has 2 amide bonds. The van der Waals surface area contributed by atoms with E-state index in [0.717, 1.165) is 0 Å². The van der Waals surface area contributed by atoms with E-state index < -0.39 is 11.7 Å². The highest BCUT2D eigenvalue weighted by atomic mass is 16.6. The Kier molecular flexibility index (Phi) is 5.60. The van der Waals surface area contributed by atoms with Crippen LogP contribution in [0.3, 0.4) is 0 Å². The van der Waals surface area contributed by atoms with Crippen molar-refractivity contribution in [2.45, 2.75) is 45.8 Å². The number of hydrogen-bond acceptors (Lipinski definition) is 4. The number of amides is 2. The van der Waals surface area contributed by atoms with Crippen LogP contribution in [0.25, 0.3) is 0 Å². The molecule has 1 aliphatic rings. The lowest BCUT2D eigenvalue weighted by Crippen LogP contribution is -2.40. The molecule has 6 nitrogen and oxygen atoms in total. The maximum Gasteiger partial charge on any atom is 0.407 e. The van der Waals surface area contributed by atoms with Crippen LogP contribution < -0.4 is 5.32 Å². The van der Waals surface area contributed by atoms with Crippen LogP contribution in [0.15, 0.2) is 0 Å². The van der Waals surface area contributed by atoms with Gasteiger partial charge in [-0.2, -0.15) is 0 Å². The molecule has 0 aliphatic carbocycles. The summed E-state index contributed by atoms with van der Waals surface area (Å²) in [5, 5.41) is 2.72. The number of alkyl carbamates (subject to hydrolysis) is 1. The molecule has 1 saturated heterocycles. The first-order valence-corrected chi connectivity index (χ1v) is 6.67. The lowest BCUT2D eigenvalue weighted by molar-refractivity contribution is -0.128. The normalized spacial score (nSPS) is 19.7. The Morgan fingerprint density at radius 1 is 1.47 bits per heavy atom. The molecule has 1 fully saturated rings. The van der Waals surface area contributed by atoms with E-state index in [4.69, 9.17) is 9.47 Å². The molecule has 1 heterocycles. The minimum atomic E-state index is -0.526. The molecule has 1 aliphatic heterocycles. The summed E-state index contributed by atoms with van der Waals surface area (Å²) in [7, 11) is 0. The highest BCUT2D eigenvalue weighted by molar-refractivity contribution is 5.80. The van der Waals surface area contributed by atoms with Crippen molar-refractivity contribution in [3.05, 3.63) is 0 Å². The molecule has 1 unspecified atom stereocenters. The van der Waals surface area contributed by atoms with Gasteiger partial charge in [0.25, 0.3) is 0 Å². The van der Waals surface area contributed by atoms with E-state index in [-0.39, 0.29) is 11.9 Å². The Balaban J connectivity index is 2.34. The van der Waals surface area contributed by atoms with Crippen molar-refractivity contribution < 1.29 is 19.1 Å². The minimum Gasteiger partial charge on any atom is -0.444 e. The molecule has 0 aromatic carbocycles. The summed E-state index contributed by atoms with van der Waals surface area (Å²) in [4.78, 5) is 25.0. The molecule has 0 spiro atoms. The third-order valence-corrected chi connectivity index (χ3v) is 2.65. The van der Waals surface area contributed by atoms with Gasteiger partial charge in [0.1, 0.15) is 5.60 Å². The maximum atomic E-state index is 11.7. The van der Waals surface area contributed by atoms with Crippen molar-refractivity contribution in [2.24, 2.45) is 0 Å². The molecule has 19 heavy (non-hydrogen) atoms. The number of likely N-dealkylation sites (tertiary alicyclic amines) is 1. The van der Waals surface area contributed by atoms with Crippen molar-refractivity contribution in [1.29, 1.82) is 0 Å². The van der Waals surface area contributed by atoms with Gasteiger partial charge < -0.3 is 19.7 Å². The SMILES string of the molecule is CCOCCN1CC(NC(=O)OC(C)(C)C)CC1=O. The zero-order chi connectivity index (χ0) is 14.5. The van der Waals surface area contributed by atoms with Gasteiger partial charge >= 0.3 is 6.09 Å². The number of nitrogens with one attached hydrogen (secondary N) is 1. The average Bonchev–Trinajstić information content (AvgIpc) is 2.56. The van der Waals surface area contributed by atoms with Crippen molar-refractivity contribution in [3.63, 3.8) is 0 Å². The third kappa shape index (κ3) is 5.92.